The van der Waals surface area contributed by atoms with Crippen molar-refractivity contribution in [1.82, 2.24) is 0 Å². The monoisotopic (exact) mass is 238 g/mol. The number of aryl methyl sites for hydroxylation is 1. The molecule has 3 heteroatoms. The summed E-state index contributed by atoms with van der Waals surface area (Å²) in [5.41, 5.74) is 1.31. The molecule has 1 aromatic carbocycles. The van der Waals surface area contributed by atoms with E-state index in [9.17, 15) is 9.18 Å². The average Bonchev–Trinajstić information content (AvgIpc) is 2.64. The zero-order valence-corrected chi connectivity index (χ0v) is 10.4. The maximum absolute atomic E-state index is 13.2. The second kappa shape index (κ2) is 4.21. The first-order valence-corrected chi connectivity index (χ1v) is 6.46. The lowest BCUT2D eigenvalue weighted by Gasteiger charge is -2.21. The van der Waals surface area contributed by atoms with Crippen LogP contribution < -0.4 is 0 Å². The molecular formula is C13H15FOS. The van der Waals surface area contributed by atoms with Crippen molar-refractivity contribution < 1.29 is 9.18 Å². The predicted molar refractivity (Wildman–Crippen MR) is 65.6 cm³/mol. The molecule has 0 spiro atoms. The Balaban J connectivity index is 2.33. The highest BCUT2D eigenvalue weighted by atomic mass is 32.2. The van der Waals surface area contributed by atoms with E-state index in [1.165, 1.54) is 12.1 Å². The topological polar surface area (TPSA) is 17.1 Å². The van der Waals surface area contributed by atoms with Crippen LogP contribution in [0.3, 0.4) is 0 Å². The number of hydrogen-bond acceptors (Lipinski definition) is 2. The average molecular weight is 238 g/mol. The molecule has 16 heavy (non-hydrogen) atoms. The summed E-state index contributed by atoms with van der Waals surface area (Å²) < 4.78 is 12.9. The largest absolute Gasteiger partial charge is 0.293 e. The Kier molecular flexibility index (Phi) is 3.06. The van der Waals surface area contributed by atoms with Crippen molar-refractivity contribution in [2.45, 2.75) is 31.4 Å². The van der Waals surface area contributed by atoms with Gasteiger partial charge in [-0.1, -0.05) is 0 Å². The van der Waals surface area contributed by atoms with Crippen LogP contribution in [0.5, 0.6) is 0 Å². The SMILES string of the molecule is Cc1cc(F)cc(C(=O)C2(C)CCCS2)c1. The highest BCUT2D eigenvalue weighted by Gasteiger charge is 2.37. The maximum Gasteiger partial charge on any atom is 0.178 e. The molecule has 0 aromatic heterocycles. The van der Waals surface area contributed by atoms with E-state index >= 15 is 0 Å². The Morgan fingerprint density at radius 1 is 1.44 bits per heavy atom. The summed E-state index contributed by atoms with van der Waals surface area (Å²) in [7, 11) is 0. The van der Waals surface area contributed by atoms with Crippen LogP contribution >= 0.6 is 11.8 Å². The Bertz CT molecular complexity index is 402. The van der Waals surface area contributed by atoms with Gasteiger partial charge in [-0.15, -0.1) is 11.8 Å². The molecule has 1 unspecified atom stereocenters. The second-order valence-electron chi connectivity index (χ2n) is 4.53. The zero-order chi connectivity index (χ0) is 11.8. The molecule has 1 aliphatic heterocycles. The van der Waals surface area contributed by atoms with E-state index in [0.717, 1.165) is 24.2 Å². The van der Waals surface area contributed by atoms with E-state index in [0.29, 0.717) is 5.56 Å². The third-order valence-electron chi connectivity index (χ3n) is 3.00. The molecular weight excluding hydrogens is 223 g/mol. The van der Waals surface area contributed by atoms with E-state index in [1.807, 2.05) is 13.8 Å². The first-order chi connectivity index (χ1) is 7.51. The zero-order valence-electron chi connectivity index (χ0n) is 9.55. The van der Waals surface area contributed by atoms with E-state index in [2.05, 4.69) is 0 Å². The van der Waals surface area contributed by atoms with Crippen LogP contribution in [0, 0.1) is 12.7 Å². The van der Waals surface area contributed by atoms with Crippen LogP contribution in [-0.2, 0) is 0 Å². The van der Waals surface area contributed by atoms with Gasteiger partial charge in [0.1, 0.15) is 5.82 Å². The van der Waals surface area contributed by atoms with Gasteiger partial charge in [0.25, 0.3) is 0 Å². The highest BCUT2D eigenvalue weighted by Crippen LogP contribution is 2.40. The third kappa shape index (κ3) is 2.14. The number of rotatable bonds is 2. The summed E-state index contributed by atoms with van der Waals surface area (Å²) >= 11 is 1.69. The summed E-state index contributed by atoms with van der Waals surface area (Å²) in [5, 5.41) is 0. The first kappa shape index (κ1) is 11.6. The molecule has 2 rings (SSSR count). The van der Waals surface area contributed by atoms with Crippen molar-refractivity contribution in [2.75, 3.05) is 5.75 Å². The Morgan fingerprint density at radius 3 is 2.75 bits per heavy atom. The normalized spacial score (nSPS) is 24.7. The van der Waals surface area contributed by atoms with E-state index < -0.39 is 0 Å². The van der Waals surface area contributed by atoms with Crippen LogP contribution in [0.1, 0.15) is 35.7 Å². The minimum atomic E-state index is -0.347. The lowest BCUT2D eigenvalue weighted by Crippen LogP contribution is -2.28. The van der Waals surface area contributed by atoms with Crippen molar-refractivity contribution in [3.8, 4) is 0 Å². The summed E-state index contributed by atoms with van der Waals surface area (Å²) in [4.78, 5) is 12.3. The Morgan fingerprint density at radius 2 is 2.19 bits per heavy atom. The molecule has 0 aliphatic carbocycles. The fraction of sp³-hybridized carbons (Fsp3) is 0.462. The number of thioether (sulfide) groups is 1. The fourth-order valence-corrected chi connectivity index (χ4v) is 3.41. The number of hydrogen-bond donors (Lipinski definition) is 0. The molecule has 1 heterocycles. The number of ketones is 1. The van der Waals surface area contributed by atoms with Gasteiger partial charge in [0.2, 0.25) is 0 Å². The van der Waals surface area contributed by atoms with Crippen LogP contribution in [0.15, 0.2) is 18.2 Å². The van der Waals surface area contributed by atoms with Crippen molar-refractivity contribution >= 4 is 17.5 Å². The Hall–Kier alpha value is -0.830. The minimum absolute atomic E-state index is 0.0672. The highest BCUT2D eigenvalue weighted by molar-refractivity contribution is 8.01. The van der Waals surface area contributed by atoms with Gasteiger partial charge in [-0.3, -0.25) is 4.79 Å². The summed E-state index contributed by atoms with van der Waals surface area (Å²) in [6.45, 7) is 3.78. The molecule has 1 saturated heterocycles. The number of carbonyl (C=O) groups excluding carboxylic acids is 1. The third-order valence-corrected chi connectivity index (χ3v) is 4.52. The van der Waals surface area contributed by atoms with Crippen LogP contribution in [0.25, 0.3) is 0 Å². The molecule has 86 valence electrons. The van der Waals surface area contributed by atoms with Gasteiger partial charge in [0.15, 0.2) is 5.78 Å². The van der Waals surface area contributed by atoms with Gasteiger partial charge < -0.3 is 0 Å². The van der Waals surface area contributed by atoms with Crippen molar-refractivity contribution in [3.05, 3.63) is 35.1 Å². The molecule has 1 atom stereocenters. The molecule has 0 bridgehead atoms. The minimum Gasteiger partial charge on any atom is -0.293 e. The smallest absolute Gasteiger partial charge is 0.178 e. The van der Waals surface area contributed by atoms with Crippen molar-refractivity contribution in [2.24, 2.45) is 0 Å². The summed E-state index contributed by atoms with van der Waals surface area (Å²) in [6.07, 6.45) is 1.97. The van der Waals surface area contributed by atoms with Crippen molar-refractivity contribution in [3.63, 3.8) is 0 Å². The number of benzene rings is 1. The van der Waals surface area contributed by atoms with Crippen molar-refractivity contribution in [1.29, 1.82) is 0 Å². The molecule has 1 fully saturated rings. The van der Waals surface area contributed by atoms with Crippen LogP contribution in [0.2, 0.25) is 0 Å². The molecule has 1 nitrogen and oxygen atoms in total. The van der Waals surface area contributed by atoms with Gasteiger partial charge in [-0.2, -0.15) is 0 Å². The molecule has 0 N–H and O–H groups in total. The molecule has 0 amide bonds. The van der Waals surface area contributed by atoms with Gasteiger partial charge in [-0.25, -0.2) is 4.39 Å². The summed E-state index contributed by atoms with van der Waals surface area (Å²) in [6, 6.07) is 4.57. The summed E-state index contributed by atoms with van der Waals surface area (Å²) in [5.74, 6) is 0.767. The molecule has 0 radical (unpaired) electrons. The number of carbonyl (C=O) groups is 1. The predicted octanol–water partition coefficient (Wildman–Crippen LogP) is 3.60. The van der Waals surface area contributed by atoms with Gasteiger partial charge >= 0.3 is 0 Å². The maximum atomic E-state index is 13.2. The first-order valence-electron chi connectivity index (χ1n) is 5.47. The quantitative estimate of drug-likeness (QED) is 0.732. The lowest BCUT2D eigenvalue weighted by molar-refractivity contribution is 0.0948. The molecule has 0 saturated carbocycles. The van der Waals surface area contributed by atoms with Crippen LogP contribution in [0.4, 0.5) is 4.39 Å². The van der Waals surface area contributed by atoms with E-state index in [4.69, 9.17) is 0 Å². The van der Waals surface area contributed by atoms with E-state index in [1.54, 1.807) is 17.8 Å². The number of halogens is 1. The standard InChI is InChI=1S/C13H15FOS/c1-9-6-10(8-11(14)7-9)12(15)13(2)4-3-5-16-13/h6-8H,3-5H2,1-2H3. The molecule has 1 aromatic rings. The lowest BCUT2D eigenvalue weighted by atomic mass is 9.94. The Labute approximate surface area is 99.4 Å². The number of Topliss-reactive ketones (excluding diaryl/α,β-unsaturated/α-hetero) is 1. The van der Waals surface area contributed by atoms with Gasteiger partial charge in [0, 0.05) is 5.56 Å². The van der Waals surface area contributed by atoms with Gasteiger partial charge in [-0.05, 0) is 56.2 Å². The van der Waals surface area contributed by atoms with E-state index in [-0.39, 0.29) is 16.3 Å². The van der Waals surface area contributed by atoms with Gasteiger partial charge in [0.05, 0.1) is 4.75 Å². The molecule has 1 aliphatic rings. The fourth-order valence-electron chi connectivity index (χ4n) is 2.13. The second-order valence-corrected chi connectivity index (χ2v) is 6.13. The van der Waals surface area contributed by atoms with Crippen LogP contribution in [-0.4, -0.2) is 16.3 Å².